The lowest BCUT2D eigenvalue weighted by atomic mass is 10.1. The van der Waals surface area contributed by atoms with E-state index in [-0.39, 0.29) is 0 Å². The van der Waals surface area contributed by atoms with Crippen molar-refractivity contribution in [3.63, 3.8) is 0 Å². The Morgan fingerprint density at radius 2 is 2.07 bits per heavy atom. The lowest BCUT2D eigenvalue weighted by molar-refractivity contribution is 1.11. The summed E-state index contributed by atoms with van der Waals surface area (Å²) in [6.07, 6.45) is 2.73. The molecule has 0 atom stereocenters. The summed E-state index contributed by atoms with van der Waals surface area (Å²) in [6.45, 7) is 8.80. The molecule has 2 nitrogen and oxygen atoms in total. The molecule has 0 aliphatic rings. The van der Waals surface area contributed by atoms with Crippen LogP contribution in [0.25, 0.3) is 0 Å². The lowest BCUT2D eigenvalue weighted by Gasteiger charge is -2.05. The highest BCUT2D eigenvalue weighted by atomic mass is 28.3. The minimum absolute atomic E-state index is 0.574. The minimum atomic E-state index is -1.31. The molecule has 0 bridgehead atoms. The van der Waals surface area contributed by atoms with Gasteiger partial charge in [-0.15, -0.1) is 5.54 Å². The van der Waals surface area contributed by atoms with Crippen LogP contribution in [0.4, 0.5) is 5.82 Å². The maximum atomic E-state index is 5.63. The Bertz CT molecular complexity index is 408. The first-order chi connectivity index (χ1) is 6.92. The number of nitrogens with two attached hydrogens (primary N) is 1. The average molecular weight is 218 g/mol. The first-order valence-corrected chi connectivity index (χ1v) is 8.70. The maximum Gasteiger partial charge on any atom is 0.129 e. The fraction of sp³-hybridized carbons (Fsp3) is 0.417. The van der Waals surface area contributed by atoms with Crippen molar-refractivity contribution >= 4 is 13.9 Å². The second kappa shape index (κ2) is 4.50. The molecular formula is C12H18N2Si. The zero-order chi connectivity index (χ0) is 11.5. The third-order valence-corrected chi connectivity index (χ3v) is 2.84. The van der Waals surface area contributed by atoms with Gasteiger partial charge in [-0.3, -0.25) is 0 Å². The van der Waals surface area contributed by atoms with Crippen LogP contribution in [0, 0.1) is 11.5 Å². The summed E-state index contributed by atoms with van der Waals surface area (Å²) >= 11 is 0. The lowest BCUT2D eigenvalue weighted by Crippen LogP contribution is -2.16. The summed E-state index contributed by atoms with van der Waals surface area (Å²) in [5.74, 6) is 3.80. The Hall–Kier alpha value is -1.27. The number of nitrogens with zero attached hydrogens (tertiary/aromatic N) is 1. The highest BCUT2D eigenvalue weighted by Gasteiger charge is 2.08. The van der Waals surface area contributed by atoms with Gasteiger partial charge in [-0.1, -0.05) is 32.5 Å². The van der Waals surface area contributed by atoms with E-state index in [2.05, 4.69) is 43.0 Å². The second-order valence-corrected chi connectivity index (χ2v) is 9.37. The van der Waals surface area contributed by atoms with Gasteiger partial charge >= 0.3 is 0 Å². The fourth-order valence-electron chi connectivity index (χ4n) is 1.18. The molecule has 1 heterocycles. The number of anilines is 1. The van der Waals surface area contributed by atoms with Crippen LogP contribution in [0.1, 0.15) is 18.1 Å². The van der Waals surface area contributed by atoms with E-state index in [1.807, 2.05) is 6.07 Å². The molecule has 0 spiro atoms. The summed E-state index contributed by atoms with van der Waals surface area (Å²) in [7, 11) is -1.31. The smallest absolute Gasteiger partial charge is 0.129 e. The molecule has 1 aromatic rings. The molecule has 1 rings (SSSR count). The van der Waals surface area contributed by atoms with Crippen molar-refractivity contribution in [1.82, 2.24) is 4.98 Å². The van der Waals surface area contributed by atoms with Crippen LogP contribution in [0.2, 0.25) is 19.6 Å². The Labute approximate surface area is 92.9 Å². The summed E-state index contributed by atoms with van der Waals surface area (Å²) in [6, 6.07) is 1.91. The minimum Gasteiger partial charge on any atom is -0.384 e. The molecule has 0 unspecified atom stereocenters. The highest BCUT2D eigenvalue weighted by molar-refractivity contribution is 6.83. The summed E-state index contributed by atoms with van der Waals surface area (Å²) in [5, 5.41) is 0. The van der Waals surface area contributed by atoms with Crippen LogP contribution in [0.15, 0.2) is 12.3 Å². The number of pyridine rings is 1. The largest absolute Gasteiger partial charge is 0.384 e. The van der Waals surface area contributed by atoms with Crippen LogP contribution < -0.4 is 5.73 Å². The number of aryl methyl sites for hydroxylation is 1. The van der Waals surface area contributed by atoms with Gasteiger partial charge in [0.1, 0.15) is 13.9 Å². The van der Waals surface area contributed by atoms with Gasteiger partial charge in [0.15, 0.2) is 0 Å². The van der Waals surface area contributed by atoms with Crippen molar-refractivity contribution in [3.8, 4) is 11.5 Å². The molecule has 3 heteroatoms. The molecule has 0 aliphatic carbocycles. The third kappa shape index (κ3) is 3.76. The molecule has 1 aromatic heterocycles. The number of hydrogen-bond donors (Lipinski definition) is 1. The number of nitrogen functional groups attached to an aromatic ring is 1. The predicted molar refractivity (Wildman–Crippen MR) is 68.3 cm³/mol. The molecule has 2 N–H and O–H groups in total. The van der Waals surface area contributed by atoms with Gasteiger partial charge in [-0.25, -0.2) is 4.98 Å². The van der Waals surface area contributed by atoms with Gasteiger partial charge in [-0.05, 0) is 18.1 Å². The number of rotatable bonds is 1. The Morgan fingerprint density at radius 3 is 2.60 bits per heavy atom. The standard InChI is InChI=1S/C12H18N2Si/c1-5-10-8-12(13)14-9-11(10)6-7-15(2,3)4/h8-9H,5H2,1-4H3,(H2,13,14). The average Bonchev–Trinajstić information content (AvgIpc) is 2.14. The molecule has 0 aliphatic heterocycles. The zero-order valence-electron chi connectivity index (χ0n) is 9.89. The molecule has 0 saturated carbocycles. The van der Waals surface area contributed by atoms with Crippen molar-refractivity contribution in [1.29, 1.82) is 0 Å². The quantitative estimate of drug-likeness (QED) is 0.581. The second-order valence-electron chi connectivity index (χ2n) is 4.62. The van der Waals surface area contributed by atoms with Crippen LogP contribution in [0.3, 0.4) is 0 Å². The number of hydrogen-bond acceptors (Lipinski definition) is 2. The molecule has 0 aromatic carbocycles. The number of aromatic nitrogens is 1. The van der Waals surface area contributed by atoms with Gasteiger partial charge in [0, 0.05) is 11.8 Å². The fourth-order valence-corrected chi connectivity index (χ4v) is 1.69. The van der Waals surface area contributed by atoms with Crippen LogP contribution >= 0.6 is 0 Å². The Balaban J connectivity index is 3.08. The summed E-state index contributed by atoms with van der Waals surface area (Å²) < 4.78 is 0. The normalized spacial score (nSPS) is 10.7. The third-order valence-electron chi connectivity index (χ3n) is 1.96. The highest BCUT2D eigenvalue weighted by Crippen LogP contribution is 2.10. The summed E-state index contributed by atoms with van der Waals surface area (Å²) in [5.41, 5.74) is 11.2. The molecule has 0 fully saturated rings. The van der Waals surface area contributed by atoms with E-state index in [0.717, 1.165) is 12.0 Å². The molecule has 15 heavy (non-hydrogen) atoms. The maximum absolute atomic E-state index is 5.63. The Kier molecular flexibility index (Phi) is 3.54. The molecule has 80 valence electrons. The first-order valence-electron chi connectivity index (χ1n) is 5.20. The van der Waals surface area contributed by atoms with Gasteiger partial charge in [0.25, 0.3) is 0 Å². The van der Waals surface area contributed by atoms with Crippen LogP contribution in [-0.4, -0.2) is 13.1 Å². The molecular weight excluding hydrogens is 200 g/mol. The first kappa shape index (κ1) is 11.8. The van der Waals surface area contributed by atoms with E-state index in [9.17, 15) is 0 Å². The van der Waals surface area contributed by atoms with Crippen LogP contribution in [-0.2, 0) is 6.42 Å². The topological polar surface area (TPSA) is 38.9 Å². The van der Waals surface area contributed by atoms with Gasteiger partial charge in [-0.2, -0.15) is 0 Å². The SMILES string of the molecule is CCc1cc(N)ncc1C#C[Si](C)(C)C. The van der Waals surface area contributed by atoms with Gasteiger partial charge in [0.2, 0.25) is 0 Å². The van der Waals surface area contributed by atoms with E-state index in [4.69, 9.17) is 5.73 Å². The van der Waals surface area contributed by atoms with Crippen molar-refractivity contribution in [2.24, 2.45) is 0 Å². The predicted octanol–water partition coefficient (Wildman–Crippen LogP) is 2.46. The Morgan fingerprint density at radius 1 is 1.40 bits per heavy atom. The molecule has 0 saturated heterocycles. The van der Waals surface area contributed by atoms with Crippen molar-refractivity contribution in [3.05, 3.63) is 23.4 Å². The van der Waals surface area contributed by atoms with Crippen LogP contribution in [0.5, 0.6) is 0 Å². The van der Waals surface area contributed by atoms with Crippen molar-refractivity contribution in [2.45, 2.75) is 33.0 Å². The monoisotopic (exact) mass is 218 g/mol. The van der Waals surface area contributed by atoms with Crippen molar-refractivity contribution < 1.29 is 0 Å². The van der Waals surface area contributed by atoms with E-state index in [0.29, 0.717) is 5.82 Å². The zero-order valence-corrected chi connectivity index (χ0v) is 10.9. The van der Waals surface area contributed by atoms with E-state index in [1.54, 1.807) is 6.20 Å². The van der Waals surface area contributed by atoms with Gasteiger partial charge < -0.3 is 5.73 Å². The van der Waals surface area contributed by atoms with E-state index >= 15 is 0 Å². The molecule has 0 radical (unpaired) electrons. The van der Waals surface area contributed by atoms with Gasteiger partial charge in [0.05, 0.1) is 0 Å². The van der Waals surface area contributed by atoms with Crippen molar-refractivity contribution in [2.75, 3.05) is 5.73 Å². The van der Waals surface area contributed by atoms with E-state index < -0.39 is 8.07 Å². The summed E-state index contributed by atoms with van der Waals surface area (Å²) in [4.78, 5) is 4.08. The van der Waals surface area contributed by atoms with E-state index in [1.165, 1.54) is 5.56 Å². The molecule has 0 amide bonds.